The summed E-state index contributed by atoms with van der Waals surface area (Å²) in [6.45, 7) is 10.8. The van der Waals surface area contributed by atoms with Crippen molar-refractivity contribution in [3.63, 3.8) is 0 Å². The maximum absolute atomic E-state index is 12.4. The van der Waals surface area contributed by atoms with Crippen LogP contribution in [0.15, 0.2) is 0 Å². The molecule has 0 spiro atoms. The van der Waals surface area contributed by atoms with Crippen LogP contribution in [-0.2, 0) is 0 Å². The summed E-state index contributed by atoms with van der Waals surface area (Å²) in [4.78, 5) is 2.64. The molecule has 4 rings (SSSR count). The zero-order valence-corrected chi connectivity index (χ0v) is 33.4. The van der Waals surface area contributed by atoms with Gasteiger partial charge in [0.2, 0.25) is 0 Å². The van der Waals surface area contributed by atoms with E-state index in [0.29, 0.717) is 0 Å². The molecule has 61 heavy (non-hydrogen) atoms. The minimum atomic E-state index is -2.13. The summed E-state index contributed by atoms with van der Waals surface area (Å²) in [5, 5.41) is 0. The molecule has 0 aromatic heterocycles. The first kappa shape index (κ1) is 56.7. The van der Waals surface area contributed by atoms with Crippen molar-refractivity contribution >= 4 is 53.2 Å². The minimum absolute atomic E-state index is 0.816. The molecule has 0 fully saturated rings. The Balaban J connectivity index is 0.000000738. The highest BCUT2D eigenvalue weighted by Gasteiger charge is 2.25. The molecular formula is C36H35B4F20N. The van der Waals surface area contributed by atoms with Gasteiger partial charge in [0, 0.05) is 0 Å². The summed E-state index contributed by atoms with van der Waals surface area (Å²) in [7, 11) is 3.26. The normalized spacial score (nSPS) is 10.6. The van der Waals surface area contributed by atoms with Crippen molar-refractivity contribution in [2.24, 2.45) is 0 Å². The summed E-state index contributed by atoms with van der Waals surface area (Å²) in [5.41, 5.74) is -3.48. The molecule has 0 aliphatic heterocycles. The van der Waals surface area contributed by atoms with Crippen molar-refractivity contribution in [2.75, 3.05) is 19.6 Å². The maximum atomic E-state index is 12.4. The third-order valence-electron chi connectivity index (χ3n) is 8.20. The predicted octanol–water partition coefficient (Wildman–Crippen LogP) is 6.25. The number of unbranched alkanes of at least 4 members (excludes halogenated alkanes) is 3. The molecule has 0 atom stereocenters. The summed E-state index contributed by atoms with van der Waals surface area (Å²) < 4.78 is 246. The SMILES string of the molecule is Bc1c(F)c(F)c(F)c(F)c1F.Bc1c(F)c(F)c(F)c(F)c1F.Bc1c(F)c(F)c(F)c(F)c1F.Bc1c(F)c(F)c(F)c(F)c1F.CCCCN(CCCC)CCCC. The van der Waals surface area contributed by atoms with Crippen molar-refractivity contribution in [3.8, 4) is 0 Å². The lowest BCUT2D eigenvalue weighted by molar-refractivity contribution is 0.261. The highest BCUT2D eigenvalue weighted by molar-refractivity contribution is 6.33. The van der Waals surface area contributed by atoms with Crippen molar-refractivity contribution in [1.29, 1.82) is 0 Å². The number of hydrogen-bond acceptors (Lipinski definition) is 1. The van der Waals surface area contributed by atoms with E-state index in [1.54, 1.807) is 0 Å². The molecule has 0 aliphatic rings. The fourth-order valence-electron chi connectivity index (χ4n) is 4.34. The molecule has 0 radical (unpaired) electrons. The van der Waals surface area contributed by atoms with Crippen LogP contribution in [0.25, 0.3) is 0 Å². The van der Waals surface area contributed by atoms with E-state index in [1.807, 2.05) is 0 Å². The van der Waals surface area contributed by atoms with Gasteiger partial charge < -0.3 is 4.90 Å². The zero-order chi connectivity index (χ0) is 47.8. The van der Waals surface area contributed by atoms with E-state index < -0.39 is 138 Å². The lowest BCUT2D eigenvalue weighted by Crippen LogP contribution is -2.27. The van der Waals surface area contributed by atoms with E-state index in [1.165, 1.54) is 58.2 Å². The first-order valence-corrected chi connectivity index (χ1v) is 17.8. The Labute approximate surface area is 341 Å². The number of rotatable bonds is 9. The van der Waals surface area contributed by atoms with Crippen LogP contribution in [0.4, 0.5) is 87.8 Å². The molecular weight excluding hydrogens is 870 g/mol. The fourth-order valence-corrected chi connectivity index (χ4v) is 4.34. The summed E-state index contributed by atoms with van der Waals surface area (Å²) in [6.07, 6.45) is 8.09. The van der Waals surface area contributed by atoms with Crippen molar-refractivity contribution < 1.29 is 87.8 Å². The average Bonchev–Trinajstić information content (AvgIpc) is 3.26. The first-order chi connectivity index (χ1) is 28.2. The number of halogens is 20. The molecule has 0 N–H and O–H groups in total. The molecule has 1 nitrogen and oxygen atoms in total. The van der Waals surface area contributed by atoms with E-state index >= 15 is 0 Å². The van der Waals surface area contributed by atoms with E-state index in [4.69, 9.17) is 0 Å². The van der Waals surface area contributed by atoms with Gasteiger partial charge in [0.25, 0.3) is 0 Å². The Morgan fingerprint density at radius 3 is 0.475 bits per heavy atom. The first-order valence-electron chi connectivity index (χ1n) is 17.8. The predicted molar refractivity (Wildman–Crippen MR) is 199 cm³/mol. The summed E-state index contributed by atoms with van der Waals surface area (Å²) >= 11 is 0. The van der Waals surface area contributed by atoms with Gasteiger partial charge in [-0.25, -0.2) is 87.8 Å². The Bertz CT molecular complexity index is 1400. The van der Waals surface area contributed by atoms with Crippen molar-refractivity contribution in [3.05, 3.63) is 116 Å². The fraction of sp³-hybridized carbons (Fsp3) is 0.333. The second kappa shape index (κ2) is 26.2. The highest BCUT2D eigenvalue weighted by Crippen LogP contribution is 2.18. The van der Waals surface area contributed by atoms with Gasteiger partial charge in [0.15, 0.2) is 116 Å². The molecule has 0 heterocycles. The van der Waals surface area contributed by atoms with Gasteiger partial charge in [-0.2, -0.15) is 0 Å². The summed E-state index contributed by atoms with van der Waals surface area (Å²) in [5.74, 6) is -38.1. The van der Waals surface area contributed by atoms with E-state index in [-0.39, 0.29) is 0 Å². The third kappa shape index (κ3) is 14.9. The van der Waals surface area contributed by atoms with Gasteiger partial charge in [-0.1, -0.05) is 40.0 Å². The molecule has 4 aromatic rings. The molecule has 0 unspecified atom stereocenters. The van der Waals surface area contributed by atoms with Gasteiger partial charge in [0.05, 0.1) is 0 Å². The molecule has 25 heteroatoms. The monoisotopic (exact) mass is 905 g/mol. The van der Waals surface area contributed by atoms with Crippen LogP contribution < -0.4 is 21.9 Å². The topological polar surface area (TPSA) is 3.24 Å². The van der Waals surface area contributed by atoms with Crippen LogP contribution in [0.2, 0.25) is 0 Å². The smallest absolute Gasteiger partial charge is 0.200 e. The number of nitrogens with zero attached hydrogens (tertiary/aromatic N) is 1. The lowest BCUT2D eigenvalue weighted by Gasteiger charge is -2.21. The lowest BCUT2D eigenvalue weighted by atomic mass is 9.94. The molecule has 0 saturated heterocycles. The van der Waals surface area contributed by atoms with Gasteiger partial charge >= 0.3 is 0 Å². The summed E-state index contributed by atoms with van der Waals surface area (Å²) in [6, 6.07) is 0. The second-order valence-electron chi connectivity index (χ2n) is 12.7. The van der Waals surface area contributed by atoms with Gasteiger partial charge in [-0.15, -0.1) is 0 Å². The van der Waals surface area contributed by atoms with Crippen molar-refractivity contribution in [2.45, 2.75) is 59.3 Å². The number of benzene rings is 4. The Hall–Kier alpha value is -4.30. The average molecular weight is 905 g/mol. The molecule has 0 saturated carbocycles. The van der Waals surface area contributed by atoms with Crippen LogP contribution in [0.5, 0.6) is 0 Å². The second-order valence-corrected chi connectivity index (χ2v) is 12.7. The molecule has 0 aliphatic carbocycles. The Morgan fingerprint density at radius 1 is 0.246 bits per heavy atom. The maximum Gasteiger partial charge on any atom is 0.200 e. The van der Waals surface area contributed by atoms with E-state index in [0.717, 1.165) is 31.4 Å². The van der Waals surface area contributed by atoms with Gasteiger partial charge in [-0.05, 0) is 60.7 Å². The van der Waals surface area contributed by atoms with E-state index in [2.05, 4.69) is 25.7 Å². The molecule has 0 amide bonds. The molecule has 0 bridgehead atoms. The minimum Gasteiger partial charge on any atom is -0.303 e. The largest absolute Gasteiger partial charge is 0.303 e. The quantitative estimate of drug-likeness (QED) is 0.0833. The van der Waals surface area contributed by atoms with Crippen molar-refractivity contribution in [1.82, 2.24) is 4.90 Å². The van der Waals surface area contributed by atoms with Crippen LogP contribution >= 0.6 is 0 Å². The van der Waals surface area contributed by atoms with Gasteiger partial charge in [-0.3, -0.25) is 0 Å². The number of hydrogen-bond donors (Lipinski definition) is 0. The van der Waals surface area contributed by atoms with Crippen LogP contribution in [0, 0.1) is 116 Å². The van der Waals surface area contributed by atoms with Crippen LogP contribution in [0.1, 0.15) is 59.3 Å². The van der Waals surface area contributed by atoms with Crippen LogP contribution in [0.3, 0.4) is 0 Å². The Kier molecular flexibility index (Phi) is 24.4. The molecule has 4 aromatic carbocycles. The zero-order valence-electron chi connectivity index (χ0n) is 33.4. The van der Waals surface area contributed by atoms with E-state index in [9.17, 15) is 87.8 Å². The van der Waals surface area contributed by atoms with Gasteiger partial charge in [0.1, 0.15) is 31.4 Å². The Morgan fingerprint density at radius 2 is 0.361 bits per heavy atom. The molecule has 336 valence electrons. The highest BCUT2D eigenvalue weighted by atomic mass is 19.2. The third-order valence-corrected chi connectivity index (χ3v) is 8.20. The van der Waals surface area contributed by atoms with Crippen LogP contribution in [-0.4, -0.2) is 55.9 Å². The standard InChI is InChI=1S/C12H27N.4C6H2BF5/c1-4-7-10-13(11-8-5-2)12-9-6-3;4*7-1-2(8)4(10)6(12)5(11)3(1)9/h4-12H2,1-3H3;4*7H2.